The smallest absolute Gasteiger partial charge is 0.436 e. The average molecular weight is 1050 g/mol. The van der Waals surface area contributed by atoms with Crippen LogP contribution in [-0.4, -0.2) is 133 Å². The molecule has 0 aromatic heterocycles. The summed E-state index contributed by atoms with van der Waals surface area (Å²) in [5, 5.41) is 43.8. The van der Waals surface area contributed by atoms with Gasteiger partial charge in [0.15, 0.2) is 29.2 Å². The molecule has 5 rings (SSSR count). The first-order chi connectivity index (χ1) is 35.5. The number of rotatable bonds is 27. The highest BCUT2D eigenvalue weighted by atomic mass is 16.6. The van der Waals surface area contributed by atoms with Crippen LogP contribution in [0.2, 0.25) is 0 Å². The molecule has 0 radical (unpaired) electrons. The summed E-state index contributed by atoms with van der Waals surface area (Å²) in [6.07, 6.45) is 2.48. The summed E-state index contributed by atoms with van der Waals surface area (Å²) in [5.41, 5.74) is -3.40. The number of amides is 6. The van der Waals surface area contributed by atoms with Gasteiger partial charge >= 0.3 is 24.2 Å². The van der Waals surface area contributed by atoms with Crippen molar-refractivity contribution < 1.29 is 68.3 Å². The van der Waals surface area contributed by atoms with Crippen molar-refractivity contribution in [2.45, 2.75) is 135 Å². The van der Waals surface area contributed by atoms with Crippen LogP contribution in [0.4, 0.5) is 30.6 Å². The lowest BCUT2D eigenvalue weighted by atomic mass is 9.92. The van der Waals surface area contributed by atoms with Crippen molar-refractivity contribution in [2.24, 2.45) is 0 Å². The molecule has 18 nitrogen and oxygen atoms in total. The Morgan fingerprint density at radius 1 is 0.487 bits per heavy atom. The largest absolute Gasteiger partial charge is 0.526 e. The van der Waals surface area contributed by atoms with E-state index in [1.165, 1.54) is 121 Å². The van der Waals surface area contributed by atoms with E-state index >= 15 is 0 Å². The molecule has 0 spiro atoms. The molecule has 0 bridgehead atoms. The van der Waals surface area contributed by atoms with Gasteiger partial charge in [-0.25, -0.2) is 24.2 Å². The van der Waals surface area contributed by atoms with Crippen LogP contribution >= 0.6 is 0 Å². The van der Waals surface area contributed by atoms with E-state index in [0.29, 0.717) is 73.9 Å². The summed E-state index contributed by atoms with van der Waals surface area (Å²) >= 11 is 0. The molecule has 6 amide bonds. The number of nitrogens with one attached hydrogen (secondary N) is 1. The second-order valence-corrected chi connectivity index (χ2v) is 21.3. The first kappa shape index (κ1) is 59.9. The van der Waals surface area contributed by atoms with Crippen LogP contribution in [0.3, 0.4) is 0 Å². The molecular weight excluding hydrogens is 977 g/mol. The summed E-state index contributed by atoms with van der Waals surface area (Å²) in [5.74, 6) is -1.96. The minimum absolute atomic E-state index is 0.206. The average Bonchev–Trinajstić information content (AvgIpc) is 3.38. The van der Waals surface area contributed by atoms with Crippen LogP contribution in [0.1, 0.15) is 165 Å². The predicted molar refractivity (Wildman–Crippen MR) is 284 cm³/mol. The quantitative estimate of drug-likeness (QED) is 0.0212. The van der Waals surface area contributed by atoms with Gasteiger partial charge in [-0.3, -0.25) is 19.2 Å². The fraction of sp³-hybridized carbons (Fsp3) is 0.448. The molecule has 1 heterocycles. The Hall–Kier alpha value is -6.96. The van der Waals surface area contributed by atoms with E-state index in [0.717, 1.165) is 0 Å². The Labute approximate surface area is 444 Å². The Balaban J connectivity index is 1.09. The van der Waals surface area contributed by atoms with E-state index in [4.69, 9.17) is 9.47 Å². The summed E-state index contributed by atoms with van der Waals surface area (Å²) in [4.78, 5) is 106. The molecule has 1 fully saturated rings. The van der Waals surface area contributed by atoms with Crippen LogP contribution in [0, 0.1) is 0 Å². The minimum atomic E-state index is -1.62. The first-order valence-corrected chi connectivity index (χ1v) is 25.6. The van der Waals surface area contributed by atoms with Crippen LogP contribution in [-0.2, 0) is 9.47 Å². The maximum atomic E-state index is 13.9. The highest BCUT2D eigenvalue weighted by Gasteiger charge is 2.45. The van der Waals surface area contributed by atoms with Gasteiger partial charge < -0.3 is 35.2 Å². The monoisotopic (exact) mass is 1050 g/mol. The molecule has 0 saturated carbocycles. The number of hydrogen-bond donors (Lipinski definition) is 5. The molecule has 18 heteroatoms. The Bertz CT molecular complexity index is 2570. The number of unbranched alkanes of at least 4 members (excludes halogenated alkanes) is 6. The zero-order chi connectivity index (χ0) is 56.4. The van der Waals surface area contributed by atoms with Gasteiger partial charge in [0.1, 0.15) is 33.8 Å². The number of benzene rings is 4. The fourth-order valence-corrected chi connectivity index (χ4v) is 8.81. The van der Waals surface area contributed by atoms with E-state index < -0.39 is 68.3 Å². The van der Waals surface area contributed by atoms with Crippen LogP contribution in [0.15, 0.2) is 97.1 Å². The third kappa shape index (κ3) is 14.7. The normalized spacial score (nSPS) is 13.3. The summed E-state index contributed by atoms with van der Waals surface area (Å²) in [6, 6.07) is 24.5. The predicted octanol–water partition coefficient (Wildman–Crippen LogP) is 9.40. The number of urea groups is 2. The van der Waals surface area contributed by atoms with Crippen molar-refractivity contribution in [3.63, 3.8) is 0 Å². The van der Waals surface area contributed by atoms with Crippen LogP contribution < -0.4 is 9.80 Å². The summed E-state index contributed by atoms with van der Waals surface area (Å²) in [6.45, 7) is 12.1. The van der Waals surface area contributed by atoms with Crippen molar-refractivity contribution in [3.05, 3.63) is 130 Å². The van der Waals surface area contributed by atoms with Gasteiger partial charge in [-0.1, -0.05) is 67.8 Å². The fourth-order valence-electron chi connectivity index (χ4n) is 8.81. The van der Waals surface area contributed by atoms with Crippen LogP contribution in [0.25, 0.3) is 0 Å². The van der Waals surface area contributed by atoms with Gasteiger partial charge in [0, 0.05) is 66.2 Å². The molecule has 5 N–H and O–H groups in total. The van der Waals surface area contributed by atoms with Gasteiger partial charge in [0.05, 0.1) is 13.7 Å². The van der Waals surface area contributed by atoms with E-state index in [1.54, 1.807) is 48.5 Å². The van der Waals surface area contributed by atoms with Gasteiger partial charge in [0.2, 0.25) is 0 Å². The molecule has 0 aliphatic carbocycles. The van der Waals surface area contributed by atoms with Crippen molar-refractivity contribution in [1.29, 1.82) is 0 Å². The molecule has 0 unspecified atom stereocenters. The second kappa shape index (κ2) is 24.8. The SMILES string of the molecule is COC(=O)[N+](CCCCCCN1C(=O)N(CCCCCCNC(=O)OC(c2ccc(C(=O)C(C)(C)O)cc2)c2ccc(C(=O)C(C)(C)O)cc2)C1=O)(c1ccc(C(=O)C(C)(C)O)cc1)c1ccc(C(=O)C(C)(C)O)cc1. The lowest BCUT2D eigenvalue weighted by molar-refractivity contribution is 0.0487. The molecule has 408 valence electrons. The number of carbonyl (C=O) groups excluding carboxylic acids is 8. The maximum Gasteiger partial charge on any atom is 0.526 e. The van der Waals surface area contributed by atoms with Crippen molar-refractivity contribution >= 4 is 58.8 Å². The molecule has 1 aliphatic rings. The zero-order valence-electron chi connectivity index (χ0n) is 45.0. The minimum Gasteiger partial charge on any atom is -0.436 e. The van der Waals surface area contributed by atoms with E-state index in [-0.39, 0.29) is 60.5 Å². The van der Waals surface area contributed by atoms with Crippen molar-refractivity contribution in [1.82, 2.24) is 19.6 Å². The molecule has 4 aromatic rings. The third-order valence-electron chi connectivity index (χ3n) is 13.2. The Kier molecular flexibility index (Phi) is 19.6. The molecule has 1 aliphatic heterocycles. The highest BCUT2D eigenvalue weighted by Crippen LogP contribution is 2.38. The van der Waals surface area contributed by atoms with E-state index in [1.807, 2.05) is 0 Å². The Morgan fingerprint density at radius 2 is 0.803 bits per heavy atom. The number of Topliss-reactive ketones (excluding diaryl/α,β-unsaturated/α-hetero) is 4. The van der Waals surface area contributed by atoms with Gasteiger partial charge in [-0.15, -0.1) is 0 Å². The molecular formula is C58H73N4O14+. The van der Waals surface area contributed by atoms with Gasteiger partial charge in [0.25, 0.3) is 0 Å². The second-order valence-electron chi connectivity index (χ2n) is 21.3. The number of alkyl carbamates (subject to hydrolysis) is 1. The molecule has 1 saturated heterocycles. The number of carbonyl (C=O) groups is 8. The summed E-state index contributed by atoms with van der Waals surface area (Å²) < 4.78 is 10.8. The number of quaternary nitrogens is 1. The number of ether oxygens (including phenoxy) is 2. The first-order valence-electron chi connectivity index (χ1n) is 25.6. The van der Waals surface area contributed by atoms with E-state index in [2.05, 4.69) is 5.32 Å². The van der Waals surface area contributed by atoms with E-state index in [9.17, 15) is 58.8 Å². The topological polar surface area (TPSA) is 254 Å². The standard InChI is InChI=1S/C58H72N4O14/c1-55(2,71)47(63)40-22-18-38(19-23-40)46(39-20-24-41(25-21-39)48(64)56(3,4)72)76-51(67)59-34-14-10-11-15-35-60-52(68)61(53(60)69)36-16-12-13-17-37-62(54(70)75-9,44-30-26-42(27-31-44)49(65)57(5,6)73)45-32-28-43(29-33-45)50(66)58(7,8)74/h18-33,46,71-74H,10-17,34-37H2,1-9H3/p+1. The number of hydrogen-bond acceptors (Lipinski definition) is 14. The number of ketones is 4. The Morgan fingerprint density at radius 3 is 1.13 bits per heavy atom. The summed E-state index contributed by atoms with van der Waals surface area (Å²) in [7, 11) is 1.27. The highest BCUT2D eigenvalue weighted by molar-refractivity contribution is 6.11. The third-order valence-corrected chi connectivity index (χ3v) is 13.2. The van der Waals surface area contributed by atoms with Crippen molar-refractivity contribution in [2.75, 3.05) is 33.3 Å². The molecule has 4 aromatic carbocycles. The number of aliphatic hydroxyl groups is 4. The molecule has 0 atom stereocenters. The van der Waals surface area contributed by atoms with Crippen molar-refractivity contribution in [3.8, 4) is 0 Å². The van der Waals surface area contributed by atoms with Gasteiger partial charge in [-0.2, -0.15) is 9.28 Å². The lowest BCUT2D eigenvalue weighted by Gasteiger charge is -2.39. The number of imide groups is 2. The number of nitrogens with zero attached hydrogens (tertiary/aromatic N) is 3. The lowest BCUT2D eigenvalue weighted by Crippen LogP contribution is -2.64. The number of methoxy groups -OCH3 is 1. The van der Waals surface area contributed by atoms with Gasteiger partial charge in [-0.05, 0) is 123 Å². The van der Waals surface area contributed by atoms with Crippen LogP contribution in [0.5, 0.6) is 0 Å². The zero-order valence-corrected chi connectivity index (χ0v) is 45.0. The molecule has 76 heavy (non-hydrogen) atoms. The maximum absolute atomic E-state index is 13.9.